The van der Waals surface area contributed by atoms with Gasteiger partial charge in [0.1, 0.15) is 12.4 Å². The van der Waals surface area contributed by atoms with E-state index in [1.807, 2.05) is 12.3 Å². The van der Waals surface area contributed by atoms with Crippen LogP contribution in [-0.4, -0.2) is 29.8 Å². The number of thiazole rings is 1. The zero-order chi connectivity index (χ0) is 19.6. The standard InChI is InChI=1S/C18H14F2N2O3S2/c1-25-15(23)9-22-16-13(20)7-11(19)8-14(16)27-18(22)21-17(24)10-4-3-5-12(6-10)26-2/h3-8H,9H2,1-2H3. The summed E-state index contributed by atoms with van der Waals surface area (Å²) in [7, 11) is 1.20. The van der Waals surface area contributed by atoms with E-state index in [9.17, 15) is 18.4 Å². The van der Waals surface area contributed by atoms with Crippen molar-refractivity contribution in [1.29, 1.82) is 0 Å². The number of amides is 1. The summed E-state index contributed by atoms with van der Waals surface area (Å²) >= 11 is 2.40. The molecule has 9 heteroatoms. The summed E-state index contributed by atoms with van der Waals surface area (Å²) in [6, 6.07) is 8.75. The van der Waals surface area contributed by atoms with Gasteiger partial charge in [-0.15, -0.1) is 11.8 Å². The molecule has 1 aromatic heterocycles. The van der Waals surface area contributed by atoms with Crippen LogP contribution in [-0.2, 0) is 16.1 Å². The van der Waals surface area contributed by atoms with E-state index in [2.05, 4.69) is 9.73 Å². The molecule has 1 amide bonds. The van der Waals surface area contributed by atoms with Crippen molar-refractivity contribution in [2.24, 2.45) is 4.99 Å². The van der Waals surface area contributed by atoms with Gasteiger partial charge in [-0.25, -0.2) is 8.78 Å². The highest BCUT2D eigenvalue weighted by atomic mass is 32.2. The normalized spacial score (nSPS) is 11.8. The number of thioether (sulfide) groups is 1. The molecule has 140 valence electrons. The van der Waals surface area contributed by atoms with E-state index < -0.39 is 23.5 Å². The Morgan fingerprint density at radius 2 is 2.04 bits per heavy atom. The molecule has 0 atom stereocenters. The second-order valence-electron chi connectivity index (χ2n) is 5.43. The zero-order valence-corrected chi connectivity index (χ0v) is 16.0. The van der Waals surface area contributed by atoms with Crippen LogP contribution in [0, 0.1) is 11.6 Å². The van der Waals surface area contributed by atoms with Gasteiger partial charge in [0.2, 0.25) is 0 Å². The first kappa shape index (κ1) is 19.2. The molecule has 0 aliphatic rings. The minimum absolute atomic E-state index is 0.00351. The molecular weight excluding hydrogens is 394 g/mol. The second kappa shape index (κ2) is 8.01. The molecule has 0 fully saturated rings. The van der Waals surface area contributed by atoms with E-state index in [1.54, 1.807) is 18.2 Å². The molecule has 0 saturated heterocycles. The Labute approximate surface area is 161 Å². The SMILES string of the molecule is COC(=O)Cn1c(=NC(=O)c2cccc(SC)c2)sc2cc(F)cc(F)c21. The number of methoxy groups -OCH3 is 1. The summed E-state index contributed by atoms with van der Waals surface area (Å²) in [5, 5.41) is 0. The molecule has 1 heterocycles. The van der Waals surface area contributed by atoms with Gasteiger partial charge in [0.15, 0.2) is 10.6 Å². The summed E-state index contributed by atoms with van der Waals surface area (Å²) in [6.07, 6.45) is 1.88. The average molecular weight is 408 g/mol. The van der Waals surface area contributed by atoms with Crippen molar-refractivity contribution in [2.45, 2.75) is 11.4 Å². The van der Waals surface area contributed by atoms with Gasteiger partial charge in [-0.05, 0) is 30.5 Å². The van der Waals surface area contributed by atoms with Gasteiger partial charge in [-0.1, -0.05) is 17.4 Å². The van der Waals surface area contributed by atoms with E-state index in [4.69, 9.17) is 0 Å². The van der Waals surface area contributed by atoms with Crippen LogP contribution in [0.5, 0.6) is 0 Å². The number of rotatable bonds is 4. The third-order valence-electron chi connectivity index (χ3n) is 3.72. The molecule has 0 N–H and O–H groups in total. The molecule has 0 aliphatic heterocycles. The fourth-order valence-electron chi connectivity index (χ4n) is 2.46. The van der Waals surface area contributed by atoms with E-state index >= 15 is 0 Å². The van der Waals surface area contributed by atoms with Crippen LogP contribution in [0.25, 0.3) is 10.2 Å². The number of benzene rings is 2. The third-order valence-corrected chi connectivity index (χ3v) is 5.47. The van der Waals surface area contributed by atoms with Gasteiger partial charge in [0.25, 0.3) is 5.91 Å². The van der Waals surface area contributed by atoms with E-state index in [-0.39, 0.29) is 21.6 Å². The third kappa shape index (κ3) is 4.09. The molecule has 3 rings (SSSR count). The quantitative estimate of drug-likeness (QED) is 0.489. The van der Waals surface area contributed by atoms with Gasteiger partial charge in [0, 0.05) is 16.5 Å². The summed E-state index contributed by atoms with van der Waals surface area (Å²) in [5.74, 6) is -2.78. The molecule has 0 saturated carbocycles. The first-order valence-corrected chi connectivity index (χ1v) is 9.75. The van der Waals surface area contributed by atoms with Crippen LogP contribution in [0.15, 0.2) is 46.3 Å². The maximum Gasteiger partial charge on any atom is 0.325 e. The number of nitrogens with zero attached hydrogens (tertiary/aromatic N) is 2. The van der Waals surface area contributed by atoms with Gasteiger partial charge in [-0.2, -0.15) is 4.99 Å². The van der Waals surface area contributed by atoms with Crippen LogP contribution in [0.1, 0.15) is 10.4 Å². The molecule has 27 heavy (non-hydrogen) atoms. The number of carbonyl (C=O) groups excluding carboxylic acids is 2. The maximum atomic E-state index is 14.3. The fraction of sp³-hybridized carbons (Fsp3) is 0.167. The second-order valence-corrected chi connectivity index (χ2v) is 7.32. The summed E-state index contributed by atoms with van der Waals surface area (Å²) in [6.45, 7) is -0.351. The molecular formula is C18H14F2N2O3S2. The van der Waals surface area contributed by atoms with Gasteiger partial charge in [0.05, 0.1) is 17.3 Å². The van der Waals surface area contributed by atoms with Crippen molar-refractivity contribution in [1.82, 2.24) is 4.57 Å². The highest BCUT2D eigenvalue weighted by Crippen LogP contribution is 2.23. The van der Waals surface area contributed by atoms with Crippen molar-refractivity contribution in [3.05, 3.63) is 58.4 Å². The lowest BCUT2D eigenvalue weighted by molar-refractivity contribution is -0.141. The minimum atomic E-state index is -0.844. The molecule has 0 spiro atoms. The van der Waals surface area contributed by atoms with Crippen LogP contribution in [0.3, 0.4) is 0 Å². The van der Waals surface area contributed by atoms with Crippen molar-refractivity contribution < 1.29 is 23.1 Å². The molecule has 2 aromatic carbocycles. The maximum absolute atomic E-state index is 14.3. The first-order chi connectivity index (χ1) is 12.9. The summed E-state index contributed by atoms with van der Waals surface area (Å²) in [4.78, 5) is 29.3. The van der Waals surface area contributed by atoms with Gasteiger partial charge < -0.3 is 9.30 Å². The van der Waals surface area contributed by atoms with E-state index in [0.717, 1.165) is 28.4 Å². The van der Waals surface area contributed by atoms with E-state index in [1.165, 1.54) is 23.4 Å². The number of carbonyl (C=O) groups is 2. The lowest BCUT2D eigenvalue weighted by Crippen LogP contribution is -2.22. The number of ether oxygens (including phenoxy) is 1. The minimum Gasteiger partial charge on any atom is -0.468 e. The van der Waals surface area contributed by atoms with Crippen molar-refractivity contribution in [2.75, 3.05) is 13.4 Å². The zero-order valence-electron chi connectivity index (χ0n) is 14.4. The molecule has 3 aromatic rings. The Kier molecular flexibility index (Phi) is 5.71. The lowest BCUT2D eigenvalue weighted by Gasteiger charge is -2.04. The van der Waals surface area contributed by atoms with Crippen molar-refractivity contribution >= 4 is 45.2 Å². The number of aromatic nitrogens is 1. The number of esters is 1. The highest BCUT2D eigenvalue weighted by Gasteiger charge is 2.17. The number of hydrogen-bond acceptors (Lipinski definition) is 5. The van der Waals surface area contributed by atoms with Crippen molar-refractivity contribution in [3.8, 4) is 0 Å². The van der Waals surface area contributed by atoms with Crippen LogP contribution >= 0.6 is 23.1 Å². The number of fused-ring (bicyclic) bond motifs is 1. The molecule has 0 radical (unpaired) electrons. The Morgan fingerprint density at radius 1 is 1.26 bits per heavy atom. The summed E-state index contributed by atoms with van der Waals surface area (Å²) in [5.41, 5.74) is 0.354. The van der Waals surface area contributed by atoms with Crippen molar-refractivity contribution in [3.63, 3.8) is 0 Å². The number of halogens is 2. The predicted octanol–water partition coefficient (Wildman–Crippen LogP) is 3.62. The highest BCUT2D eigenvalue weighted by molar-refractivity contribution is 7.98. The Morgan fingerprint density at radius 3 is 2.74 bits per heavy atom. The lowest BCUT2D eigenvalue weighted by atomic mass is 10.2. The Hall–Kier alpha value is -2.52. The first-order valence-electron chi connectivity index (χ1n) is 7.71. The topological polar surface area (TPSA) is 60.7 Å². The van der Waals surface area contributed by atoms with Crippen LogP contribution in [0.2, 0.25) is 0 Å². The van der Waals surface area contributed by atoms with E-state index in [0.29, 0.717) is 5.56 Å². The van der Waals surface area contributed by atoms with Gasteiger partial charge in [-0.3, -0.25) is 9.59 Å². The number of hydrogen-bond donors (Lipinski definition) is 0. The van der Waals surface area contributed by atoms with Gasteiger partial charge >= 0.3 is 5.97 Å². The average Bonchev–Trinajstić information content (AvgIpc) is 2.98. The smallest absolute Gasteiger partial charge is 0.325 e. The predicted molar refractivity (Wildman–Crippen MR) is 99.9 cm³/mol. The largest absolute Gasteiger partial charge is 0.468 e. The Balaban J connectivity index is 2.18. The van der Waals surface area contributed by atoms with Crippen LogP contribution in [0.4, 0.5) is 8.78 Å². The Bertz CT molecular complexity index is 1110. The molecule has 0 unspecified atom stereocenters. The summed E-state index contributed by atoms with van der Waals surface area (Å²) < 4.78 is 33.9. The molecule has 0 aliphatic carbocycles. The monoisotopic (exact) mass is 408 g/mol. The molecule has 5 nitrogen and oxygen atoms in total. The van der Waals surface area contributed by atoms with Crippen LogP contribution < -0.4 is 4.80 Å². The molecule has 0 bridgehead atoms. The fourth-order valence-corrected chi connectivity index (χ4v) is 3.99.